The molecule has 1 aliphatic carbocycles. The van der Waals surface area contributed by atoms with Crippen LogP contribution in [0.25, 0.3) is 0 Å². The fraction of sp³-hybridized carbons (Fsp3) is 0.286. The lowest BCUT2D eigenvalue weighted by molar-refractivity contribution is 0.0278. The lowest BCUT2D eigenvalue weighted by atomic mass is 9.82. The van der Waals surface area contributed by atoms with E-state index in [2.05, 4.69) is 16.7 Å². The lowest BCUT2D eigenvalue weighted by Crippen LogP contribution is -2.60. The van der Waals surface area contributed by atoms with E-state index in [1.54, 1.807) is 18.2 Å². The first-order valence-electron chi connectivity index (χ1n) is 11.5. The van der Waals surface area contributed by atoms with Gasteiger partial charge in [0.25, 0.3) is 0 Å². The average Bonchev–Trinajstić information content (AvgIpc) is 3.08. The van der Waals surface area contributed by atoms with Crippen LogP contribution >= 0.6 is 0 Å². The molecular weight excluding hydrogens is 415 g/mol. The quantitative estimate of drug-likeness (QED) is 0.547. The third kappa shape index (κ3) is 3.52. The number of carbonyl (C=O) groups is 2. The zero-order chi connectivity index (χ0) is 23.0. The first-order valence-corrected chi connectivity index (χ1v) is 11.5. The Labute approximate surface area is 193 Å². The lowest BCUT2D eigenvalue weighted by Gasteiger charge is -2.44. The normalized spacial score (nSPS) is 18.5. The second-order valence-corrected chi connectivity index (χ2v) is 8.81. The number of aryl methyl sites for hydroxylation is 1. The van der Waals surface area contributed by atoms with Gasteiger partial charge in [-0.05, 0) is 35.2 Å². The number of fused-ring (bicyclic) bond motifs is 1. The number of hydrogen-bond donors (Lipinski definition) is 0. The highest BCUT2D eigenvalue weighted by Gasteiger charge is 2.58. The maximum atomic E-state index is 13.9. The minimum absolute atomic E-state index is 0.138. The highest BCUT2D eigenvalue weighted by Crippen LogP contribution is 2.42. The van der Waals surface area contributed by atoms with Crippen LogP contribution in [0, 0.1) is 5.82 Å². The van der Waals surface area contributed by atoms with Gasteiger partial charge in [-0.3, -0.25) is 19.4 Å². The molecule has 0 atom stereocenters. The SMILES string of the molecule is CCc1ccc(F)cc1CN1CCN(C2(c3ccccc3)C(=O)c3ccccc3C2=O)CC1. The van der Waals surface area contributed by atoms with Crippen molar-refractivity contribution in [1.82, 2.24) is 9.80 Å². The number of piperazine rings is 1. The molecule has 1 aliphatic heterocycles. The summed E-state index contributed by atoms with van der Waals surface area (Å²) in [5.74, 6) is -0.494. The van der Waals surface area contributed by atoms with E-state index in [0.29, 0.717) is 43.9 Å². The molecule has 3 aromatic carbocycles. The van der Waals surface area contributed by atoms with Crippen molar-refractivity contribution in [3.63, 3.8) is 0 Å². The molecule has 0 amide bonds. The minimum atomic E-state index is -1.32. The smallest absolute Gasteiger partial charge is 0.196 e. The molecule has 1 fully saturated rings. The minimum Gasteiger partial charge on any atom is -0.297 e. The van der Waals surface area contributed by atoms with Crippen LogP contribution in [-0.2, 0) is 18.5 Å². The molecule has 5 rings (SSSR count). The van der Waals surface area contributed by atoms with E-state index in [-0.39, 0.29) is 17.4 Å². The van der Waals surface area contributed by atoms with Crippen molar-refractivity contribution < 1.29 is 14.0 Å². The second-order valence-electron chi connectivity index (χ2n) is 8.81. The van der Waals surface area contributed by atoms with E-state index in [9.17, 15) is 14.0 Å². The van der Waals surface area contributed by atoms with Gasteiger partial charge in [-0.15, -0.1) is 0 Å². The van der Waals surface area contributed by atoms with Crippen molar-refractivity contribution in [2.24, 2.45) is 0 Å². The van der Waals surface area contributed by atoms with Crippen molar-refractivity contribution in [3.8, 4) is 0 Å². The number of rotatable bonds is 5. The van der Waals surface area contributed by atoms with E-state index >= 15 is 0 Å². The molecule has 2 aliphatic rings. The van der Waals surface area contributed by atoms with Gasteiger partial charge < -0.3 is 0 Å². The average molecular weight is 443 g/mol. The van der Waals surface area contributed by atoms with Gasteiger partial charge in [0.15, 0.2) is 17.1 Å². The van der Waals surface area contributed by atoms with Crippen molar-refractivity contribution >= 4 is 11.6 Å². The third-order valence-corrected chi connectivity index (χ3v) is 7.05. The van der Waals surface area contributed by atoms with Gasteiger partial charge in [0.1, 0.15) is 5.82 Å². The molecule has 5 heteroatoms. The Morgan fingerprint density at radius 1 is 0.788 bits per heavy atom. The number of carbonyl (C=O) groups excluding carboxylic acids is 2. The van der Waals surface area contributed by atoms with Crippen LogP contribution in [0.5, 0.6) is 0 Å². The summed E-state index contributed by atoms with van der Waals surface area (Å²) >= 11 is 0. The zero-order valence-corrected chi connectivity index (χ0v) is 18.8. The summed E-state index contributed by atoms with van der Waals surface area (Å²) in [6.07, 6.45) is 0.855. The highest BCUT2D eigenvalue weighted by molar-refractivity contribution is 6.32. The predicted molar refractivity (Wildman–Crippen MR) is 126 cm³/mol. The summed E-state index contributed by atoms with van der Waals surface area (Å²) in [7, 11) is 0. The molecule has 0 aromatic heterocycles. The van der Waals surface area contributed by atoms with E-state index in [1.807, 2.05) is 48.5 Å². The highest BCUT2D eigenvalue weighted by atomic mass is 19.1. The summed E-state index contributed by atoms with van der Waals surface area (Å²) in [5.41, 5.74) is 2.57. The van der Waals surface area contributed by atoms with Gasteiger partial charge in [0.05, 0.1) is 0 Å². The standard InChI is InChI=1S/C28H27FN2O2/c1-2-20-12-13-23(29)18-21(20)19-30-14-16-31(17-15-30)28(22-8-4-3-5-9-22)26(32)24-10-6-7-11-25(24)27(28)33/h3-13,18H,2,14-17,19H2,1H3. The molecule has 0 bridgehead atoms. The summed E-state index contributed by atoms with van der Waals surface area (Å²) in [4.78, 5) is 31.9. The van der Waals surface area contributed by atoms with Gasteiger partial charge >= 0.3 is 0 Å². The molecule has 1 heterocycles. The number of benzene rings is 3. The Balaban J connectivity index is 1.44. The number of hydrogen-bond acceptors (Lipinski definition) is 4. The number of halogens is 1. The number of nitrogens with zero attached hydrogens (tertiary/aromatic N) is 2. The van der Waals surface area contributed by atoms with Crippen LogP contribution in [-0.4, -0.2) is 47.5 Å². The molecule has 0 spiro atoms. The van der Waals surface area contributed by atoms with Crippen LogP contribution in [0.1, 0.15) is 44.3 Å². The number of Topliss-reactive ketones (excluding diaryl/α,β-unsaturated/α-hetero) is 2. The van der Waals surface area contributed by atoms with Crippen LogP contribution in [0.2, 0.25) is 0 Å². The summed E-state index contributed by atoms with van der Waals surface area (Å²) in [6, 6.07) is 21.6. The molecule has 0 radical (unpaired) electrons. The molecule has 4 nitrogen and oxygen atoms in total. The van der Waals surface area contributed by atoms with Gasteiger partial charge in [-0.1, -0.05) is 67.6 Å². The molecule has 1 saturated heterocycles. The fourth-order valence-corrected chi connectivity index (χ4v) is 5.35. The fourth-order valence-electron chi connectivity index (χ4n) is 5.35. The van der Waals surface area contributed by atoms with Gasteiger partial charge in [0.2, 0.25) is 0 Å². The maximum Gasteiger partial charge on any atom is 0.196 e. The van der Waals surface area contributed by atoms with E-state index in [4.69, 9.17) is 0 Å². The first kappa shape index (κ1) is 21.7. The molecule has 168 valence electrons. The van der Waals surface area contributed by atoms with E-state index in [1.165, 1.54) is 6.07 Å². The second kappa shape index (κ2) is 8.65. The van der Waals surface area contributed by atoms with Crippen molar-refractivity contribution in [2.45, 2.75) is 25.4 Å². The first-order chi connectivity index (χ1) is 16.1. The van der Waals surface area contributed by atoms with Crippen LogP contribution in [0.4, 0.5) is 4.39 Å². The Kier molecular flexibility index (Phi) is 5.69. The number of ketones is 2. The van der Waals surface area contributed by atoms with Crippen LogP contribution in [0.3, 0.4) is 0 Å². The van der Waals surface area contributed by atoms with E-state index < -0.39 is 5.54 Å². The monoisotopic (exact) mass is 442 g/mol. The van der Waals surface area contributed by atoms with Crippen LogP contribution in [0.15, 0.2) is 72.8 Å². The molecule has 3 aromatic rings. The summed E-state index contributed by atoms with van der Waals surface area (Å²) in [5, 5.41) is 0. The van der Waals surface area contributed by atoms with E-state index in [0.717, 1.165) is 23.1 Å². The largest absolute Gasteiger partial charge is 0.297 e. The maximum absolute atomic E-state index is 13.9. The molecule has 0 N–H and O–H groups in total. The zero-order valence-electron chi connectivity index (χ0n) is 18.8. The van der Waals surface area contributed by atoms with Crippen molar-refractivity contribution in [3.05, 3.63) is 106 Å². The predicted octanol–water partition coefficient (Wildman–Crippen LogP) is 4.48. The Morgan fingerprint density at radius 3 is 2.00 bits per heavy atom. The van der Waals surface area contributed by atoms with Crippen molar-refractivity contribution in [1.29, 1.82) is 0 Å². The van der Waals surface area contributed by atoms with Gasteiger partial charge in [-0.2, -0.15) is 0 Å². The third-order valence-electron chi connectivity index (χ3n) is 7.05. The molecule has 0 saturated carbocycles. The molecule has 0 unspecified atom stereocenters. The summed E-state index contributed by atoms with van der Waals surface area (Å²) in [6.45, 7) is 5.30. The Morgan fingerprint density at radius 2 is 1.39 bits per heavy atom. The Bertz CT molecular complexity index is 1160. The van der Waals surface area contributed by atoms with Crippen molar-refractivity contribution in [2.75, 3.05) is 26.2 Å². The molecular formula is C28H27FN2O2. The molecule has 33 heavy (non-hydrogen) atoms. The van der Waals surface area contributed by atoms with Gasteiger partial charge in [0, 0.05) is 43.9 Å². The topological polar surface area (TPSA) is 40.6 Å². The van der Waals surface area contributed by atoms with Crippen LogP contribution < -0.4 is 0 Å². The summed E-state index contributed by atoms with van der Waals surface area (Å²) < 4.78 is 13.9. The Hall–Kier alpha value is -3.15. The van der Waals surface area contributed by atoms with Gasteiger partial charge in [-0.25, -0.2) is 4.39 Å².